The lowest BCUT2D eigenvalue weighted by molar-refractivity contribution is -0.116. The summed E-state index contributed by atoms with van der Waals surface area (Å²) < 4.78 is 0. The van der Waals surface area contributed by atoms with E-state index in [-0.39, 0.29) is 29.6 Å². The van der Waals surface area contributed by atoms with Crippen molar-refractivity contribution >= 4 is 17.8 Å². The molecule has 7 heteroatoms. The first-order chi connectivity index (χ1) is 17.3. The lowest BCUT2D eigenvalue weighted by Crippen LogP contribution is -2.56. The number of carbonyl (C=O) groups is 2. The Morgan fingerprint density at radius 1 is 1.08 bits per heavy atom. The van der Waals surface area contributed by atoms with Crippen molar-refractivity contribution in [1.29, 1.82) is 0 Å². The molecule has 1 aromatic carbocycles. The molecule has 2 aliphatic carbocycles. The molecule has 1 aromatic heterocycles. The molecule has 192 valence electrons. The van der Waals surface area contributed by atoms with Gasteiger partial charge < -0.3 is 15.1 Å². The molecule has 1 aliphatic heterocycles. The van der Waals surface area contributed by atoms with E-state index in [1.807, 2.05) is 19.1 Å². The van der Waals surface area contributed by atoms with Gasteiger partial charge in [-0.1, -0.05) is 42.8 Å². The highest BCUT2D eigenvalue weighted by Crippen LogP contribution is 2.49. The van der Waals surface area contributed by atoms with Gasteiger partial charge in [-0.05, 0) is 82.7 Å². The van der Waals surface area contributed by atoms with Crippen molar-refractivity contribution in [2.24, 2.45) is 5.92 Å². The van der Waals surface area contributed by atoms with Gasteiger partial charge in [0.1, 0.15) is 12.4 Å². The fraction of sp³-hybridized carbons (Fsp3) is 0.552. The number of rotatable bonds is 7. The predicted molar refractivity (Wildman–Crippen MR) is 142 cm³/mol. The number of nitrogens with one attached hydrogen (secondary N) is 1. The van der Waals surface area contributed by atoms with Crippen LogP contribution in [0.3, 0.4) is 0 Å². The van der Waals surface area contributed by atoms with Crippen molar-refractivity contribution in [3.63, 3.8) is 0 Å². The Balaban J connectivity index is 1.35. The number of benzene rings is 1. The molecule has 2 heterocycles. The van der Waals surface area contributed by atoms with E-state index in [4.69, 9.17) is 0 Å². The molecule has 1 spiro atoms. The minimum Gasteiger partial charge on any atom is -0.317 e. The van der Waals surface area contributed by atoms with E-state index in [1.165, 1.54) is 24.8 Å². The summed E-state index contributed by atoms with van der Waals surface area (Å²) in [6.45, 7) is 3.42. The minimum absolute atomic E-state index is 0.0202. The minimum atomic E-state index is -0.206. The standard InChI is InChI=1S/C29H39N5O2/c1-22-9-8-18-30-26(22)31-25(35)20-33-21-28(34(27(33)36)19-23-10-7-11-23)14-16-29(17-15-28,32(2)3)24-12-5-4-6-13-24/h4-6,8-9,12-13,18,23H,7,10-11,14-17,19-21H2,1-3H3,(H,30,31,35). The molecule has 0 bridgehead atoms. The van der Waals surface area contributed by atoms with Crippen LogP contribution in [0.2, 0.25) is 0 Å². The first-order valence-corrected chi connectivity index (χ1v) is 13.3. The van der Waals surface area contributed by atoms with Crippen molar-refractivity contribution in [3.8, 4) is 0 Å². The van der Waals surface area contributed by atoms with Crippen LogP contribution in [0.4, 0.5) is 10.6 Å². The van der Waals surface area contributed by atoms with E-state index in [9.17, 15) is 9.59 Å². The summed E-state index contributed by atoms with van der Waals surface area (Å²) in [6.07, 6.45) is 9.19. The van der Waals surface area contributed by atoms with Gasteiger partial charge in [0.25, 0.3) is 0 Å². The van der Waals surface area contributed by atoms with Gasteiger partial charge in [0.2, 0.25) is 5.91 Å². The van der Waals surface area contributed by atoms with Crippen molar-refractivity contribution in [1.82, 2.24) is 19.7 Å². The molecule has 2 aromatic rings. The Bertz CT molecular complexity index is 1090. The maximum Gasteiger partial charge on any atom is 0.321 e. The molecular formula is C29H39N5O2. The number of aromatic nitrogens is 1. The molecule has 1 N–H and O–H groups in total. The smallest absolute Gasteiger partial charge is 0.317 e. The molecule has 3 fully saturated rings. The highest BCUT2D eigenvalue weighted by atomic mass is 16.2. The monoisotopic (exact) mass is 489 g/mol. The third-order valence-corrected chi connectivity index (χ3v) is 9.00. The number of amides is 3. The fourth-order valence-electron chi connectivity index (χ4n) is 6.47. The summed E-state index contributed by atoms with van der Waals surface area (Å²) in [5.74, 6) is 0.963. The van der Waals surface area contributed by atoms with Gasteiger partial charge in [0.05, 0.1) is 5.54 Å². The molecule has 1 saturated heterocycles. The van der Waals surface area contributed by atoms with E-state index < -0.39 is 0 Å². The van der Waals surface area contributed by atoms with Gasteiger partial charge >= 0.3 is 6.03 Å². The quantitative estimate of drug-likeness (QED) is 0.615. The number of hydrogen-bond acceptors (Lipinski definition) is 4. The number of pyridine rings is 1. The lowest BCUT2D eigenvalue weighted by Gasteiger charge is -2.51. The zero-order chi connectivity index (χ0) is 25.3. The van der Waals surface area contributed by atoms with Gasteiger partial charge in [0.15, 0.2) is 0 Å². The summed E-state index contributed by atoms with van der Waals surface area (Å²) >= 11 is 0. The van der Waals surface area contributed by atoms with Crippen molar-refractivity contribution in [3.05, 3.63) is 59.8 Å². The third kappa shape index (κ3) is 4.49. The number of urea groups is 1. The summed E-state index contributed by atoms with van der Waals surface area (Å²) in [4.78, 5) is 37.2. The summed E-state index contributed by atoms with van der Waals surface area (Å²) in [5, 5.41) is 2.91. The van der Waals surface area contributed by atoms with Crippen LogP contribution in [0, 0.1) is 12.8 Å². The van der Waals surface area contributed by atoms with Crippen LogP contribution in [-0.2, 0) is 10.3 Å². The molecule has 36 heavy (non-hydrogen) atoms. The third-order valence-electron chi connectivity index (χ3n) is 9.00. The molecular weight excluding hydrogens is 450 g/mol. The molecule has 0 atom stereocenters. The zero-order valence-electron chi connectivity index (χ0n) is 21.9. The summed E-state index contributed by atoms with van der Waals surface area (Å²) in [7, 11) is 4.35. The second kappa shape index (κ2) is 9.85. The first kappa shape index (κ1) is 24.8. The lowest BCUT2D eigenvalue weighted by atomic mass is 9.68. The fourth-order valence-corrected chi connectivity index (χ4v) is 6.47. The van der Waals surface area contributed by atoms with Gasteiger partial charge in [-0.3, -0.25) is 9.69 Å². The van der Waals surface area contributed by atoms with Crippen molar-refractivity contribution < 1.29 is 9.59 Å². The Hall–Kier alpha value is -2.93. The summed E-state index contributed by atoms with van der Waals surface area (Å²) in [5.41, 5.74) is 2.03. The Morgan fingerprint density at radius 2 is 1.81 bits per heavy atom. The van der Waals surface area contributed by atoms with Gasteiger partial charge in [-0.2, -0.15) is 0 Å². The van der Waals surface area contributed by atoms with Crippen LogP contribution in [0.1, 0.15) is 56.1 Å². The zero-order valence-corrected chi connectivity index (χ0v) is 21.9. The Morgan fingerprint density at radius 3 is 2.42 bits per heavy atom. The maximum atomic E-state index is 13.7. The van der Waals surface area contributed by atoms with Crippen LogP contribution in [0.25, 0.3) is 0 Å². The van der Waals surface area contributed by atoms with E-state index >= 15 is 0 Å². The molecule has 5 rings (SSSR count). The number of nitrogens with zero attached hydrogens (tertiary/aromatic N) is 4. The van der Waals surface area contributed by atoms with Crippen LogP contribution in [0.15, 0.2) is 48.7 Å². The number of hydrogen-bond donors (Lipinski definition) is 1. The number of anilines is 1. The summed E-state index contributed by atoms with van der Waals surface area (Å²) in [6, 6.07) is 14.6. The second-order valence-corrected chi connectivity index (χ2v) is 11.3. The van der Waals surface area contributed by atoms with Crippen molar-refractivity contribution in [2.45, 2.75) is 62.9 Å². The number of aryl methyl sites for hydroxylation is 1. The van der Waals surface area contributed by atoms with Crippen LogP contribution in [-0.4, -0.2) is 70.9 Å². The van der Waals surface area contributed by atoms with Crippen LogP contribution < -0.4 is 5.32 Å². The van der Waals surface area contributed by atoms with E-state index in [0.29, 0.717) is 18.3 Å². The normalized spacial score (nSPS) is 26.5. The molecule has 0 unspecified atom stereocenters. The molecule has 7 nitrogen and oxygen atoms in total. The van der Waals surface area contributed by atoms with Crippen LogP contribution >= 0.6 is 0 Å². The van der Waals surface area contributed by atoms with Gasteiger partial charge in [-0.15, -0.1) is 0 Å². The molecule has 0 radical (unpaired) electrons. The highest BCUT2D eigenvalue weighted by molar-refractivity contribution is 5.94. The highest BCUT2D eigenvalue weighted by Gasteiger charge is 2.55. The SMILES string of the molecule is Cc1cccnc1NC(=O)CN1CC2(CCC(c3ccccc3)(N(C)C)CC2)N(CC2CCC2)C1=O. The first-order valence-electron chi connectivity index (χ1n) is 13.3. The van der Waals surface area contributed by atoms with E-state index in [1.54, 1.807) is 11.1 Å². The predicted octanol–water partition coefficient (Wildman–Crippen LogP) is 4.64. The molecule has 2 saturated carbocycles. The van der Waals surface area contributed by atoms with E-state index in [2.05, 4.69) is 64.5 Å². The van der Waals surface area contributed by atoms with Gasteiger partial charge in [-0.25, -0.2) is 9.78 Å². The topological polar surface area (TPSA) is 68.8 Å². The second-order valence-electron chi connectivity index (χ2n) is 11.3. The maximum absolute atomic E-state index is 13.7. The number of carbonyl (C=O) groups excluding carboxylic acids is 2. The average molecular weight is 490 g/mol. The molecule has 3 aliphatic rings. The largest absolute Gasteiger partial charge is 0.321 e. The Labute approximate surface area is 214 Å². The van der Waals surface area contributed by atoms with Gasteiger partial charge in [0, 0.05) is 24.8 Å². The molecule has 3 amide bonds. The van der Waals surface area contributed by atoms with E-state index in [0.717, 1.165) is 37.8 Å². The van der Waals surface area contributed by atoms with Crippen molar-refractivity contribution in [2.75, 3.05) is 39.0 Å². The van der Waals surface area contributed by atoms with Crippen LogP contribution in [0.5, 0.6) is 0 Å². The average Bonchev–Trinajstić information content (AvgIpc) is 3.08. The Kier molecular flexibility index (Phi) is 6.77.